The number of nitrogens with zero attached hydrogens (tertiary/aromatic N) is 1. The fraction of sp³-hybridized carbons (Fsp3) is 0.750. The predicted molar refractivity (Wildman–Crippen MR) is 60.6 cm³/mol. The lowest BCUT2D eigenvalue weighted by Crippen LogP contribution is -2.43. The van der Waals surface area contributed by atoms with Gasteiger partial charge in [-0.1, -0.05) is 6.08 Å². The summed E-state index contributed by atoms with van der Waals surface area (Å²) >= 11 is 0. The first-order chi connectivity index (χ1) is 7.19. The molecule has 1 saturated heterocycles. The standard InChI is InChI=1S/C12H21NO2/c1-4-10(3)13-8-6-7-11(9-13)12(14)15-5-2/h4,10-11H,1,5-9H2,2-3H3/t10?,11-/m1/s1. The van der Waals surface area contributed by atoms with Gasteiger partial charge in [-0.15, -0.1) is 6.58 Å². The molecule has 1 heterocycles. The summed E-state index contributed by atoms with van der Waals surface area (Å²) < 4.78 is 5.05. The molecule has 1 fully saturated rings. The van der Waals surface area contributed by atoms with Crippen LogP contribution in [-0.4, -0.2) is 36.6 Å². The first-order valence-corrected chi connectivity index (χ1v) is 5.72. The summed E-state index contributed by atoms with van der Waals surface area (Å²) in [6.07, 6.45) is 3.95. The lowest BCUT2D eigenvalue weighted by atomic mass is 9.97. The van der Waals surface area contributed by atoms with Crippen molar-refractivity contribution in [3.8, 4) is 0 Å². The number of rotatable bonds is 4. The van der Waals surface area contributed by atoms with Gasteiger partial charge in [0.1, 0.15) is 0 Å². The Morgan fingerprint density at radius 2 is 2.47 bits per heavy atom. The van der Waals surface area contributed by atoms with Crippen molar-refractivity contribution < 1.29 is 9.53 Å². The summed E-state index contributed by atoms with van der Waals surface area (Å²) in [7, 11) is 0. The molecule has 0 spiro atoms. The predicted octanol–water partition coefficient (Wildman–Crippen LogP) is 1.84. The van der Waals surface area contributed by atoms with E-state index < -0.39 is 0 Å². The van der Waals surface area contributed by atoms with Gasteiger partial charge in [0.2, 0.25) is 0 Å². The number of piperidine rings is 1. The van der Waals surface area contributed by atoms with Gasteiger partial charge >= 0.3 is 5.97 Å². The average Bonchev–Trinajstić information content (AvgIpc) is 2.28. The molecular weight excluding hydrogens is 190 g/mol. The number of esters is 1. The van der Waals surface area contributed by atoms with Crippen LogP contribution in [0.4, 0.5) is 0 Å². The van der Waals surface area contributed by atoms with E-state index in [1.165, 1.54) is 0 Å². The van der Waals surface area contributed by atoms with E-state index in [9.17, 15) is 4.79 Å². The zero-order chi connectivity index (χ0) is 11.3. The molecule has 0 N–H and O–H groups in total. The second-order valence-electron chi connectivity index (χ2n) is 4.06. The number of hydrogen-bond donors (Lipinski definition) is 0. The second-order valence-corrected chi connectivity index (χ2v) is 4.06. The average molecular weight is 211 g/mol. The molecule has 0 radical (unpaired) electrons. The minimum Gasteiger partial charge on any atom is -0.466 e. The molecule has 0 aromatic rings. The minimum atomic E-state index is -0.0431. The Kier molecular flexibility index (Phi) is 4.82. The molecule has 0 aromatic heterocycles. The first kappa shape index (κ1) is 12.2. The van der Waals surface area contributed by atoms with Crippen molar-refractivity contribution in [2.24, 2.45) is 5.92 Å². The van der Waals surface area contributed by atoms with Crippen LogP contribution in [-0.2, 0) is 9.53 Å². The van der Waals surface area contributed by atoms with Gasteiger partial charge in [-0.2, -0.15) is 0 Å². The van der Waals surface area contributed by atoms with Crippen molar-refractivity contribution in [2.45, 2.75) is 32.7 Å². The zero-order valence-electron chi connectivity index (χ0n) is 9.74. The van der Waals surface area contributed by atoms with E-state index in [-0.39, 0.29) is 11.9 Å². The van der Waals surface area contributed by atoms with E-state index in [1.54, 1.807) is 0 Å². The van der Waals surface area contributed by atoms with Crippen molar-refractivity contribution in [1.29, 1.82) is 0 Å². The fourth-order valence-electron chi connectivity index (χ4n) is 1.98. The highest BCUT2D eigenvalue weighted by Crippen LogP contribution is 2.19. The highest BCUT2D eigenvalue weighted by Gasteiger charge is 2.28. The normalized spacial score (nSPS) is 24.5. The fourth-order valence-corrected chi connectivity index (χ4v) is 1.98. The van der Waals surface area contributed by atoms with Crippen LogP contribution in [0, 0.1) is 5.92 Å². The molecule has 1 unspecified atom stereocenters. The van der Waals surface area contributed by atoms with E-state index >= 15 is 0 Å². The van der Waals surface area contributed by atoms with Gasteiger partial charge in [-0.05, 0) is 33.2 Å². The van der Waals surface area contributed by atoms with Gasteiger partial charge in [0.15, 0.2) is 0 Å². The van der Waals surface area contributed by atoms with Crippen LogP contribution >= 0.6 is 0 Å². The van der Waals surface area contributed by atoms with E-state index in [1.807, 2.05) is 13.0 Å². The third-order valence-corrected chi connectivity index (χ3v) is 2.99. The molecule has 0 amide bonds. The molecule has 1 aliphatic heterocycles. The van der Waals surface area contributed by atoms with Crippen LogP contribution in [0.15, 0.2) is 12.7 Å². The van der Waals surface area contributed by atoms with Crippen LogP contribution in [0.2, 0.25) is 0 Å². The van der Waals surface area contributed by atoms with Crippen LogP contribution in [0.3, 0.4) is 0 Å². The van der Waals surface area contributed by atoms with Gasteiger partial charge < -0.3 is 4.74 Å². The smallest absolute Gasteiger partial charge is 0.310 e. The molecule has 3 nitrogen and oxygen atoms in total. The zero-order valence-corrected chi connectivity index (χ0v) is 9.74. The lowest BCUT2D eigenvalue weighted by Gasteiger charge is -2.34. The molecular formula is C12H21NO2. The Morgan fingerprint density at radius 3 is 3.07 bits per heavy atom. The number of ether oxygens (including phenoxy) is 1. The largest absolute Gasteiger partial charge is 0.466 e. The Labute approximate surface area is 92.1 Å². The maximum atomic E-state index is 11.6. The molecule has 1 aliphatic rings. The maximum absolute atomic E-state index is 11.6. The highest BCUT2D eigenvalue weighted by molar-refractivity contribution is 5.72. The molecule has 2 atom stereocenters. The van der Waals surface area contributed by atoms with E-state index in [2.05, 4.69) is 18.4 Å². The van der Waals surface area contributed by atoms with Crippen LogP contribution in [0.25, 0.3) is 0 Å². The number of carbonyl (C=O) groups excluding carboxylic acids is 1. The third-order valence-electron chi connectivity index (χ3n) is 2.99. The second kappa shape index (κ2) is 5.91. The quantitative estimate of drug-likeness (QED) is 0.525. The van der Waals surface area contributed by atoms with Crippen molar-refractivity contribution >= 4 is 5.97 Å². The highest BCUT2D eigenvalue weighted by atomic mass is 16.5. The molecule has 86 valence electrons. The van der Waals surface area contributed by atoms with Gasteiger partial charge in [0, 0.05) is 12.6 Å². The monoisotopic (exact) mass is 211 g/mol. The Morgan fingerprint density at radius 1 is 1.73 bits per heavy atom. The van der Waals surface area contributed by atoms with Gasteiger partial charge in [-0.3, -0.25) is 9.69 Å². The SMILES string of the molecule is C=CC(C)N1CCC[C@@H](C(=O)OCC)C1. The molecule has 0 bridgehead atoms. The summed E-state index contributed by atoms with van der Waals surface area (Å²) in [5, 5.41) is 0. The van der Waals surface area contributed by atoms with E-state index in [0.29, 0.717) is 12.6 Å². The summed E-state index contributed by atoms with van der Waals surface area (Å²) in [6.45, 7) is 10.1. The van der Waals surface area contributed by atoms with Crippen molar-refractivity contribution in [1.82, 2.24) is 4.90 Å². The number of hydrogen-bond acceptors (Lipinski definition) is 3. The first-order valence-electron chi connectivity index (χ1n) is 5.72. The summed E-state index contributed by atoms with van der Waals surface area (Å²) in [4.78, 5) is 13.9. The van der Waals surface area contributed by atoms with Crippen LogP contribution in [0.5, 0.6) is 0 Å². The molecule has 0 aliphatic carbocycles. The van der Waals surface area contributed by atoms with Crippen molar-refractivity contribution in [3.05, 3.63) is 12.7 Å². The maximum Gasteiger partial charge on any atom is 0.310 e. The number of carbonyl (C=O) groups is 1. The summed E-state index contributed by atoms with van der Waals surface area (Å²) in [6, 6.07) is 0.349. The summed E-state index contributed by atoms with van der Waals surface area (Å²) in [5.74, 6) is 0.0135. The molecule has 0 aromatic carbocycles. The van der Waals surface area contributed by atoms with Gasteiger partial charge in [0.05, 0.1) is 12.5 Å². The number of likely N-dealkylation sites (tertiary alicyclic amines) is 1. The topological polar surface area (TPSA) is 29.5 Å². The van der Waals surface area contributed by atoms with Gasteiger partial charge in [0.25, 0.3) is 0 Å². The Balaban J connectivity index is 2.48. The van der Waals surface area contributed by atoms with E-state index in [0.717, 1.165) is 25.9 Å². The third kappa shape index (κ3) is 3.34. The molecule has 3 heteroatoms. The Bertz CT molecular complexity index is 228. The molecule has 1 rings (SSSR count). The molecule has 15 heavy (non-hydrogen) atoms. The molecule has 0 saturated carbocycles. The lowest BCUT2D eigenvalue weighted by molar-refractivity contribution is -0.150. The van der Waals surface area contributed by atoms with E-state index in [4.69, 9.17) is 4.74 Å². The Hall–Kier alpha value is -0.830. The van der Waals surface area contributed by atoms with Crippen molar-refractivity contribution in [2.75, 3.05) is 19.7 Å². The van der Waals surface area contributed by atoms with Gasteiger partial charge in [-0.25, -0.2) is 0 Å². The summed E-state index contributed by atoms with van der Waals surface area (Å²) in [5.41, 5.74) is 0. The van der Waals surface area contributed by atoms with Crippen LogP contribution in [0.1, 0.15) is 26.7 Å². The van der Waals surface area contributed by atoms with Crippen LogP contribution < -0.4 is 0 Å². The minimum absolute atomic E-state index is 0.0431. The van der Waals surface area contributed by atoms with Crippen molar-refractivity contribution in [3.63, 3.8) is 0 Å².